The lowest BCUT2D eigenvalue weighted by atomic mass is 9.83. The van der Waals surface area contributed by atoms with Crippen molar-refractivity contribution in [3.8, 4) is 0 Å². The van der Waals surface area contributed by atoms with E-state index in [1.54, 1.807) is 0 Å². The van der Waals surface area contributed by atoms with Crippen LogP contribution in [0, 0.1) is 5.92 Å². The minimum atomic E-state index is -0.227. The summed E-state index contributed by atoms with van der Waals surface area (Å²) in [5, 5.41) is 0. The van der Waals surface area contributed by atoms with E-state index in [9.17, 15) is 9.59 Å². The molecule has 2 unspecified atom stereocenters. The number of fused-ring (bicyclic) bond motifs is 2. The summed E-state index contributed by atoms with van der Waals surface area (Å²) in [6, 6.07) is 0.0847. The topological polar surface area (TPSA) is 59.1 Å². The smallest absolute Gasteiger partial charge is 0.410 e. The average molecular weight is 298 g/mol. The fourth-order valence-electron chi connectivity index (χ4n) is 3.43. The van der Waals surface area contributed by atoms with E-state index in [0.29, 0.717) is 19.4 Å². The number of amides is 1. The number of rotatable bonds is 4. The van der Waals surface area contributed by atoms with Crippen molar-refractivity contribution >= 4 is 12.1 Å². The molecule has 2 aliphatic rings. The lowest BCUT2D eigenvalue weighted by molar-refractivity contribution is -0.150. The van der Waals surface area contributed by atoms with Gasteiger partial charge in [0.05, 0.1) is 19.6 Å². The first-order valence-electron chi connectivity index (χ1n) is 7.78. The number of piperidine rings is 1. The van der Waals surface area contributed by atoms with Gasteiger partial charge in [0, 0.05) is 25.2 Å². The van der Waals surface area contributed by atoms with Crippen molar-refractivity contribution in [2.45, 2.75) is 44.7 Å². The summed E-state index contributed by atoms with van der Waals surface area (Å²) in [4.78, 5) is 28.2. The number of unbranched alkanes of at least 4 members (excludes halogenated alkanes) is 1. The molecule has 0 aromatic heterocycles. The molecule has 1 amide bonds. The predicted molar refractivity (Wildman–Crippen MR) is 77.9 cm³/mol. The zero-order chi connectivity index (χ0) is 15.4. The van der Waals surface area contributed by atoms with Crippen LogP contribution in [-0.4, -0.2) is 67.8 Å². The normalized spacial score (nSPS) is 29.1. The van der Waals surface area contributed by atoms with Crippen LogP contribution >= 0.6 is 0 Å². The van der Waals surface area contributed by atoms with Crippen LogP contribution in [-0.2, 0) is 14.3 Å². The lowest BCUT2D eigenvalue weighted by Gasteiger charge is -2.50. The molecule has 0 aliphatic carbocycles. The highest BCUT2D eigenvalue weighted by Crippen LogP contribution is 2.33. The van der Waals surface area contributed by atoms with Crippen LogP contribution < -0.4 is 0 Å². The molecule has 2 aliphatic heterocycles. The lowest BCUT2D eigenvalue weighted by Crippen LogP contribution is -2.63. The fourth-order valence-corrected chi connectivity index (χ4v) is 3.43. The third-order valence-corrected chi connectivity index (χ3v) is 4.41. The monoisotopic (exact) mass is 298 g/mol. The van der Waals surface area contributed by atoms with Crippen LogP contribution in [0.3, 0.4) is 0 Å². The van der Waals surface area contributed by atoms with Crippen molar-refractivity contribution in [3.05, 3.63) is 0 Å². The summed E-state index contributed by atoms with van der Waals surface area (Å²) < 4.78 is 10.2. The maximum atomic E-state index is 12.3. The van der Waals surface area contributed by atoms with Gasteiger partial charge in [-0.05, 0) is 26.3 Å². The number of hydrogen-bond acceptors (Lipinski definition) is 5. The highest BCUT2D eigenvalue weighted by Gasteiger charge is 2.45. The van der Waals surface area contributed by atoms with Crippen LogP contribution in [0.1, 0.15) is 32.6 Å². The van der Waals surface area contributed by atoms with Crippen molar-refractivity contribution in [1.29, 1.82) is 0 Å². The molecule has 21 heavy (non-hydrogen) atoms. The largest absolute Gasteiger partial charge is 0.469 e. The predicted octanol–water partition coefficient (Wildman–Crippen LogP) is 1.49. The van der Waals surface area contributed by atoms with Crippen LogP contribution in [0.15, 0.2) is 0 Å². The van der Waals surface area contributed by atoms with Crippen LogP contribution in [0.5, 0.6) is 0 Å². The summed E-state index contributed by atoms with van der Waals surface area (Å²) in [5.41, 5.74) is 0. The minimum absolute atomic E-state index is 0.0423. The van der Waals surface area contributed by atoms with E-state index in [4.69, 9.17) is 9.47 Å². The van der Waals surface area contributed by atoms with Gasteiger partial charge in [0.1, 0.15) is 0 Å². The quantitative estimate of drug-likeness (QED) is 0.581. The number of nitrogens with zero attached hydrogens (tertiary/aromatic N) is 2. The van der Waals surface area contributed by atoms with Gasteiger partial charge >= 0.3 is 12.1 Å². The van der Waals surface area contributed by atoms with Crippen molar-refractivity contribution in [2.75, 3.05) is 33.9 Å². The van der Waals surface area contributed by atoms with E-state index < -0.39 is 0 Å². The van der Waals surface area contributed by atoms with Crippen LogP contribution in [0.25, 0.3) is 0 Å². The molecule has 120 valence electrons. The molecule has 0 saturated carbocycles. The highest BCUT2D eigenvalue weighted by molar-refractivity contribution is 5.74. The van der Waals surface area contributed by atoms with E-state index in [1.165, 1.54) is 7.11 Å². The van der Waals surface area contributed by atoms with Crippen molar-refractivity contribution in [2.24, 2.45) is 5.92 Å². The number of carbonyl (C=O) groups is 2. The molecule has 2 atom stereocenters. The Morgan fingerprint density at radius 3 is 2.33 bits per heavy atom. The van der Waals surface area contributed by atoms with Crippen molar-refractivity contribution in [1.82, 2.24) is 9.80 Å². The highest BCUT2D eigenvalue weighted by atomic mass is 16.6. The van der Waals surface area contributed by atoms with Gasteiger partial charge in [-0.25, -0.2) is 4.79 Å². The second-order valence-electron chi connectivity index (χ2n) is 6.10. The van der Waals surface area contributed by atoms with Gasteiger partial charge < -0.3 is 14.4 Å². The van der Waals surface area contributed by atoms with E-state index in [-0.39, 0.29) is 30.1 Å². The molecule has 2 fully saturated rings. The molecule has 2 bridgehead atoms. The number of methoxy groups -OCH3 is 1. The van der Waals surface area contributed by atoms with Crippen LogP contribution in [0.4, 0.5) is 4.79 Å². The first-order chi connectivity index (χ1) is 10.1. The Bertz CT molecular complexity index is 372. The maximum absolute atomic E-state index is 12.3. The number of piperazine rings is 1. The molecule has 0 aromatic rings. The summed E-state index contributed by atoms with van der Waals surface area (Å²) in [7, 11) is 3.48. The first-order valence-corrected chi connectivity index (χ1v) is 7.78. The van der Waals surface area contributed by atoms with E-state index in [2.05, 4.69) is 18.9 Å². The Labute approximate surface area is 126 Å². The van der Waals surface area contributed by atoms with Gasteiger partial charge in [-0.1, -0.05) is 13.3 Å². The first kappa shape index (κ1) is 16.1. The zero-order valence-electron chi connectivity index (χ0n) is 13.2. The SMILES string of the molecule is CCCCOC(=O)N1C2CC(C(=O)OC)CC1CN(C)C2. The second-order valence-corrected chi connectivity index (χ2v) is 6.10. The number of ether oxygens (including phenoxy) is 2. The molecular weight excluding hydrogens is 272 g/mol. The summed E-state index contributed by atoms with van der Waals surface area (Å²) in [5.74, 6) is -0.257. The number of likely N-dealkylation sites (tertiary alicyclic amines) is 1. The Hall–Kier alpha value is -1.30. The summed E-state index contributed by atoms with van der Waals surface area (Å²) in [6.45, 7) is 4.11. The van der Waals surface area contributed by atoms with Crippen LogP contribution in [0.2, 0.25) is 0 Å². The van der Waals surface area contributed by atoms with E-state index >= 15 is 0 Å². The average Bonchev–Trinajstić information content (AvgIpc) is 2.44. The van der Waals surface area contributed by atoms with Gasteiger partial charge in [0.2, 0.25) is 0 Å². The third kappa shape index (κ3) is 3.67. The van der Waals surface area contributed by atoms with Gasteiger partial charge in [-0.2, -0.15) is 0 Å². The summed E-state index contributed by atoms with van der Waals surface area (Å²) >= 11 is 0. The molecule has 0 spiro atoms. The van der Waals surface area contributed by atoms with Crippen molar-refractivity contribution < 1.29 is 19.1 Å². The third-order valence-electron chi connectivity index (χ3n) is 4.41. The molecule has 2 rings (SSSR count). The Morgan fingerprint density at radius 2 is 1.81 bits per heavy atom. The molecule has 0 radical (unpaired) electrons. The maximum Gasteiger partial charge on any atom is 0.410 e. The molecular formula is C15H26N2O4. The number of esters is 1. The van der Waals surface area contributed by atoms with E-state index in [0.717, 1.165) is 25.9 Å². The van der Waals surface area contributed by atoms with E-state index in [1.807, 2.05) is 4.90 Å². The van der Waals surface area contributed by atoms with Gasteiger partial charge in [-0.15, -0.1) is 0 Å². The second kappa shape index (κ2) is 7.11. The molecule has 6 nitrogen and oxygen atoms in total. The molecule has 6 heteroatoms. The van der Waals surface area contributed by atoms with Crippen molar-refractivity contribution in [3.63, 3.8) is 0 Å². The summed E-state index contributed by atoms with van der Waals surface area (Å²) in [6.07, 6.45) is 2.99. The number of likely N-dealkylation sites (N-methyl/N-ethyl adjacent to an activating group) is 1. The Kier molecular flexibility index (Phi) is 5.45. The number of hydrogen-bond donors (Lipinski definition) is 0. The molecule has 2 heterocycles. The molecule has 0 N–H and O–H groups in total. The Morgan fingerprint density at radius 1 is 1.19 bits per heavy atom. The van der Waals surface area contributed by atoms with Gasteiger partial charge in [0.25, 0.3) is 0 Å². The van der Waals surface area contributed by atoms with Gasteiger partial charge in [0.15, 0.2) is 0 Å². The minimum Gasteiger partial charge on any atom is -0.469 e. The zero-order valence-corrected chi connectivity index (χ0v) is 13.2. The fraction of sp³-hybridized carbons (Fsp3) is 0.867. The molecule has 2 saturated heterocycles. The standard InChI is InChI=1S/C15H26N2O4/c1-4-5-6-21-15(19)17-12-7-11(14(18)20-3)8-13(17)10-16(2)9-12/h11-13H,4-10H2,1-3H3. The number of carbonyl (C=O) groups excluding carboxylic acids is 2. The van der Waals surface area contributed by atoms with Gasteiger partial charge in [-0.3, -0.25) is 9.69 Å². The molecule has 0 aromatic carbocycles. The Balaban J connectivity index is 2.02.